The lowest BCUT2D eigenvalue weighted by Gasteiger charge is -2.31. The van der Waals surface area contributed by atoms with E-state index in [-0.39, 0.29) is 41.3 Å². The van der Waals surface area contributed by atoms with Crippen LogP contribution in [0, 0.1) is 26.7 Å². The zero-order valence-corrected chi connectivity index (χ0v) is 20.3. The summed E-state index contributed by atoms with van der Waals surface area (Å²) in [5, 5.41) is 2.88. The van der Waals surface area contributed by atoms with E-state index in [2.05, 4.69) is 10.3 Å². The third kappa shape index (κ3) is 4.72. The van der Waals surface area contributed by atoms with Gasteiger partial charge in [0.2, 0.25) is 15.9 Å². The molecule has 2 aromatic heterocycles. The van der Waals surface area contributed by atoms with Gasteiger partial charge in [0.05, 0.1) is 12.1 Å². The van der Waals surface area contributed by atoms with Crippen molar-refractivity contribution >= 4 is 21.8 Å². The number of likely N-dealkylation sites (tertiary alicyclic amines) is 1. The van der Waals surface area contributed by atoms with Gasteiger partial charge in [0.1, 0.15) is 16.4 Å². The van der Waals surface area contributed by atoms with Crippen molar-refractivity contribution in [1.82, 2.24) is 19.5 Å². The minimum Gasteiger partial charge on any atom is -0.465 e. The first kappa shape index (κ1) is 23.6. The predicted octanol–water partition coefficient (Wildman–Crippen LogP) is 2.49. The van der Waals surface area contributed by atoms with E-state index in [1.54, 1.807) is 18.7 Å². The Morgan fingerprint density at radius 2 is 1.73 bits per heavy atom. The summed E-state index contributed by atoms with van der Waals surface area (Å²) in [7, 11) is -3.87. The van der Waals surface area contributed by atoms with Gasteiger partial charge >= 0.3 is 0 Å². The van der Waals surface area contributed by atoms with Crippen molar-refractivity contribution in [3.05, 3.63) is 40.6 Å². The topological polar surface area (TPSA) is 116 Å². The summed E-state index contributed by atoms with van der Waals surface area (Å²) in [6.45, 7) is 7.38. The monoisotopic (exact) mass is 476 g/mol. The SMILES string of the molecule is Cc1ccc(CNC(=O)C2CCN(S(=O)(=O)c3c(C)[nH]c(C)c3C(=O)N3CCCC3)CC2)o1. The minimum absolute atomic E-state index is 0.0768. The van der Waals surface area contributed by atoms with Crippen LogP contribution < -0.4 is 5.32 Å². The number of H-pyrrole nitrogens is 1. The Hall–Kier alpha value is -2.59. The molecule has 4 heterocycles. The smallest absolute Gasteiger partial charge is 0.257 e. The van der Waals surface area contributed by atoms with Crippen LogP contribution in [0.3, 0.4) is 0 Å². The van der Waals surface area contributed by atoms with Gasteiger partial charge in [-0.2, -0.15) is 4.31 Å². The van der Waals surface area contributed by atoms with Gasteiger partial charge in [0.25, 0.3) is 5.91 Å². The number of aromatic nitrogens is 1. The van der Waals surface area contributed by atoms with E-state index in [1.807, 2.05) is 19.1 Å². The number of aryl methyl sites for hydroxylation is 3. The third-order valence-corrected chi connectivity index (χ3v) is 8.65. The van der Waals surface area contributed by atoms with Gasteiger partial charge in [-0.3, -0.25) is 9.59 Å². The number of aromatic amines is 1. The Balaban J connectivity index is 1.44. The summed E-state index contributed by atoms with van der Waals surface area (Å²) in [6.07, 6.45) is 2.73. The molecule has 180 valence electrons. The van der Waals surface area contributed by atoms with Crippen molar-refractivity contribution in [3.8, 4) is 0 Å². The maximum absolute atomic E-state index is 13.6. The van der Waals surface area contributed by atoms with E-state index < -0.39 is 10.0 Å². The zero-order valence-electron chi connectivity index (χ0n) is 19.4. The number of hydrogen-bond donors (Lipinski definition) is 2. The van der Waals surface area contributed by atoms with E-state index in [1.165, 1.54) is 4.31 Å². The Morgan fingerprint density at radius 3 is 2.33 bits per heavy atom. The minimum atomic E-state index is -3.87. The van der Waals surface area contributed by atoms with Crippen molar-refractivity contribution in [1.29, 1.82) is 0 Å². The molecule has 4 rings (SSSR count). The highest BCUT2D eigenvalue weighted by atomic mass is 32.2. The van der Waals surface area contributed by atoms with Gasteiger partial charge < -0.3 is 19.6 Å². The molecule has 0 aliphatic carbocycles. The zero-order chi connectivity index (χ0) is 23.8. The van der Waals surface area contributed by atoms with Gasteiger partial charge in [0, 0.05) is 43.5 Å². The van der Waals surface area contributed by atoms with Gasteiger partial charge in [-0.05, 0) is 58.6 Å². The fraction of sp³-hybridized carbons (Fsp3) is 0.565. The first-order valence-corrected chi connectivity index (χ1v) is 12.9. The number of piperidine rings is 1. The second kappa shape index (κ2) is 9.34. The van der Waals surface area contributed by atoms with E-state index >= 15 is 0 Å². The molecule has 10 heteroatoms. The molecular formula is C23H32N4O5S. The van der Waals surface area contributed by atoms with E-state index in [0.29, 0.717) is 49.6 Å². The van der Waals surface area contributed by atoms with Crippen LogP contribution in [0.2, 0.25) is 0 Å². The Bertz CT molecular complexity index is 1140. The molecule has 2 saturated heterocycles. The molecule has 0 atom stereocenters. The molecule has 2 aliphatic rings. The lowest BCUT2D eigenvalue weighted by molar-refractivity contribution is -0.126. The van der Waals surface area contributed by atoms with E-state index in [9.17, 15) is 18.0 Å². The molecule has 2 N–H and O–H groups in total. The first-order valence-electron chi connectivity index (χ1n) is 11.5. The van der Waals surface area contributed by atoms with Gasteiger partial charge in [-0.25, -0.2) is 8.42 Å². The van der Waals surface area contributed by atoms with Crippen molar-refractivity contribution in [3.63, 3.8) is 0 Å². The number of carbonyl (C=O) groups is 2. The average molecular weight is 477 g/mol. The summed E-state index contributed by atoms with van der Waals surface area (Å²) >= 11 is 0. The van der Waals surface area contributed by atoms with Crippen molar-refractivity contribution in [2.75, 3.05) is 26.2 Å². The largest absolute Gasteiger partial charge is 0.465 e. The van der Waals surface area contributed by atoms with Crippen molar-refractivity contribution in [2.24, 2.45) is 5.92 Å². The van der Waals surface area contributed by atoms with Crippen LogP contribution in [-0.2, 0) is 21.4 Å². The molecular weight excluding hydrogens is 444 g/mol. The highest BCUT2D eigenvalue weighted by molar-refractivity contribution is 7.89. The van der Waals surface area contributed by atoms with Crippen LogP contribution in [0.1, 0.15) is 58.9 Å². The molecule has 2 fully saturated rings. The summed E-state index contributed by atoms with van der Waals surface area (Å²) in [4.78, 5) is 30.6. The molecule has 0 unspecified atom stereocenters. The average Bonchev–Trinajstić information content (AvgIpc) is 3.52. The molecule has 0 spiro atoms. The Kier molecular flexibility index (Phi) is 6.67. The van der Waals surface area contributed by atoms with Crippen molar-refractivity contribution < 1.29 is 22.4 Å². The molecule has 2 aromatic rings. The normalized spacial score (nSPS) is 18.1. The van der Waals surface area contributed by atoms with Crippen LogP contribution >= 0.6 is 0 Å². The second-order valence-electron chi connectivity index (χ2n) is 8.99. The van der Waals surface area contributed by atoms with Gasteiger partial charge in [-0.15, -0.1) is 0 Å². The molecule has 0 radical (unpaired) electrons. The molecule has 2 aliphatic heterocycles. The Labute approximate surface area is 194 Å². The lowest BCUT2D eigenvalue weighted by atomic mass is 9.97. The number of sulfonamides is 1. The van der Waals surface area contributed by atoms with Gasteiger partial charge in [-0.1, -0.05) is 0 Å². The molecule has 0 bridgehead atoms. The molecule has 0 aromatic carbocycles. The third-order valence-electron chi connectivity index (χ3n) is 6.58. The lowest BCUT2D eigenvalue weighted by Crippen LogP contribution is -2.43. The number of nitrogens with zero attached hydrogens (tertiary/aromatic N) is 2. The number of carbonyl (C=O) groups excluding carboxylic acids is 2. The van der Waals surface area contributed by atoms with Crippen LogP contribution in [0.15, 0.2) is 21.4 Å². The van der Waals surface area contributed by atoms with Crippen LogP contribution in [0.25, 0.3) is 0 Å². The van der Waals surface area contributed by atoms with Crippen LogP contribution in [-0.4, -0.2) is 60.6 Å². The summed E-state index contributed by atoms with van der Waals surface area (Å²) < 4.78 is 34.0. The number of furan rings is 1. The summed E-state index contributed by atoms with van der Waals surface area (Å²) in [6, 6.07) is 3.67. The Morgan fingerprint density at radius 1 is 1.06 bits per heavy atom. The number of nitrogens with one attached hydrogen (secondary N) is 2. The maximum atomic E-state index is 13.6. The standard InChI is InChI=1S/C23H32N4O5S/c1-15-6-7-19(32-15)14-24-22(28)18-8-12-27(13-9-18)33(30,31)21-17(3)25-16(2)20(21)23(29)26-10-4-5-11-26/h6-7,18,25H,4-5,8-14H2,1-3H3,(H,24,28). The molecule has 33 heavy (non-hydrogen) atoms. The molecule has 2 amide bonds. The second-order valence-corrected chi connectivity index (χ2v) is 10.9. The summed E-state index contributed by atoms with van der Waals surface area (Å²) in [5.41, 5.74) is 1.30. The quantitative estimate of drug-likeness (QED) is 0.665. The fourth-order valence-corrected chi connectivity index (χ4v) is 6.69. The fourth-order valence-electron chi connectivity index (χ4n) is 4.80. The highest BCUT2D eigenvalue weighted by Gasteiger charge is 2.38. The number of rotatable bonds is 6. The van der Waals surface area contributed by atoms with Gasteiger partial charge in [0.15, 0.2) is 0 Å². The summed E-state index contributed by atoms with van der Waals surface area (Å²) in [5.74, 6) is 0.896. The predicted molar refractivity (Wildman–Crippen MR) is 122 cm³/mol. The van der Waals surface area contributed by atoms with Crippen LogP contribution in [0.5, 0.6) is 0 Å². The van der Waals surface area contributed by atoms with Crippen LogP contribution in [0.4, 0.5) is 0 Å². The number of hydrogen-bond acceptors (Lipinski definition) is 5. The maximum Gasteiger partial charge on any atom is 0.257 e. The van der Waals surface area contributed by atoms with Crippen molar-refractivity contribution in [2.45, 2.75) is 57.9 Å². The number of amides is 2. The highest BCUT2D eigenvalue weighted by Crippen LogP contribution is 2.31. The molecule has 0 saturated carbocycles. The van der Waals surface area contributed by atoms with E-state index in [0.717, 1.165) is 18.6 Å². The molecule has 9 nitrogen and oxygen atoms in total. The van der Waals surface area contributed by atoms with E-state index in [4.69, 9.17) is 4.42 Å². The first-order chi connectivity index (χ1) is 15.7.